The van der Waals surface area contributed by atoms with E-state index in [0.717, 1.165) is 34.2 Å². The van der Waals surface area contributed by atoms with E-state index in [2.05, 4.69) is 0 Å². The molecular formula is C22H13ClF3NS. The molecule has 0 N–H and O–H groups in total. The Labute approximate surface area is 169 Å². The van der Waals surface area contributed by atoms with Crippen LogP contribution in [0.25, 0.3) is 22.0 Å². The van der Waals surface area contributed by atoms with E-state index in [9.17, 15) is 13.2 Å². The topological polar surface area (TPSA) is 12.9 Å². The van der Waals surface area contributed by atoms with Gasteiger partial charge in [-0.05, 0) is 48.0 Å². The van der Waals surface area contributed by atoms with Crippen LogP contribution in [0.1, 0.15) is 5.56 Å². The predicted molar refractivity (Wildman–Crippen MR) is 108 cm³/mol. The van der Waals surface area contributed by atoms with Gasteiger partial charge in [0.15, 0.2) is 0 Å². The lowest BCUT2D eigenvalue weighted by Gasteiger charge is -2.12. The molecule has 0 bridgehead atoms. The van der Waals surface area contributed by atoms with Gasteiger partial charge < -0.3 is 0 Å². The highest BCUT2D eigenvalue weighted by atomic mass is 35.5. The Balaban J connectivity index is 1.83. The van der Waals surface area contributed by atoms with Crippen molar-refractivity contribution in [2.75, 3.05) is 0 Å². The summed E-state index contributed by atoms with van der Waals surface area (Å²) in [5.74, 6) is 0. The summed E-state index contributed by atoms with van der Waals surface area (Å²) in [5, 5.41) is 2.21. The highest BCUT2D eigenvalue weighted by molar-refractivity contribution is 7.99. The first-order valence-electron chi connectivity index (χ1n) is 8.41. The summed E-state index contributed by atoms with van der Waals surface area (Å²) in [6, 6.07) is 22.3. The first kappa shape index (κ1) is 18.8. The van der Waals surface area contributed by atoms with E-state index in [-0.39, 0.29) is 0 Å². The predicted octanol–water partition coefficient (Wildman–Crippen LogP) is 7.73. The van der Waals surface area contributed by atoms with Crippen LogP contribution in [0, 0.1) is 0 Å². The maximum absolute atomic E-state index is 13.1. The van der Waals surface area contributed by atoms with Gasteiger partial charge in [0.2, 0.25) is 0 Å². The van der Waals surface area contributed by atoms with Crippen molar-refractivity contribution in [2.45, 2.75) is 16.1 Å². The molecule has 140 valence electrons. The van der Waals surface area contributed by atoms with Crippen molar-refractivity contribution in [2.24, 2.45) is 0 Å². The zero-order valence-electron chi connectivity index (χ0n) is 14.4. The lowest BCUT2D eigenvalue weighted by atomic mass is 10.1. The molecular weight excluding hydrogens is 403 g/mol. The Morgan fingerprint density at radius 3 is 2.32 bits per heavy atom. The summed E-state index contributed by atoms with van der Waals surface area (Å²) in [6.07, 6.45) is -4.38. The summed E-state index contributed by atoms with van der Waals surface area (Å²) < 4.78 is 39.2. The fraction of sp³-hybridized carbons (Fsp3) is 0.0455. The molecule has 0 aliphatic carbocycles. The maximum atomic E-state index is 13.1. The molecule has 0 saturated heterocycles. The molecule has 4 rings (SSSR count). The molecule has 1 nitrogen and oxygen atoms in total. The van der Waals surface area contributed by atoms with E-state index in [1.165, 1.54) is 17.8 Å². The Bertz CT molecular complexity index is 1140. The SMILES string of the molecule is FC(F)(F)c1cccc(Sc2nc3ccccc3cc2-c2ccc(Cl)cc2)c1. The fourth-order valence-electron chi connectivity index (χ4n) is 2.86. The van der Waals surface area contributed by atoms with Gasteiger partial charge in [-0.25, -0.2) is 4.98 Å². The molecule has 0 fully saturated rings. The molecule has 0 spiro atoms. The van der Waals surface area contributed by atoms with Gasteiger partial charge in [0, 0.05) is 20.9 Å². The molecule has 0 aliphatic heterocycles. The minimum absolute atomic E-state index is 0.479. The monoisotopic (exact) mass is 415 g/mol. The van der Waals surface area contributed by atoms with Crippen molar-refractivity contribution < 1.29 is 13.2 Å². The summed E-state index contributed by atoms with van der Waals surface area (Å²) >= 11 is 7.21. The van der Waals surface area contributed by atoms with E-state index >= 15 is 0 Å². The quantitative estimate of drug-likeness (QED) is 0.339. The summed E-state index contributed by atoms with van der Waals surface area (Å²) in [4.78, 5) is 5.19. The van der Waals surface area contributed by atoms with Crippen LogP contribution in [-0.4, -0.2) is 4.98 Å². The highest BCUT2D eigenvalue weighted by Gasteiger charge is 2.30. The zero-order valence-corrected chi connectivity index (χ0v) is 15.9. The van der Waals surface area contributed by atoms with E-state index in [1.54, 1.807) is 18.2 Å². The van der Waals surface area contributed by atoms with Crippen LogP contribution in [0.3, 0.4) is 0 Å². The molecule has 0 radical (unpaired) electrons. The summed E-state index contributed by atoms with van der Waals surface area (Å²) in [5.41, 5.74) is 1.86. The molecule has 1 heterocycles. The van der Waals surface area contributed by atoms with E-state index in [1.807, 2.05) is 42.5 Å². The number of hydrogen-bond acceptors (Lipinski definition) is 2. The van der Waals surface area contributed by atoms with E-state index < -0.39 is 11.7 Å². The summed E-state index contributed by atoms with van der Waals surface area (Å²) in [7, 11) is 0. The van der Waals surface area contributed by atoms with Crippen LogP contribution < -0.4 is 0 Å². The van der Waals surface area contributed by atoms with Crippen LogP contribution in [0.5, 0.6) is 0 Å². The molecule has 1 aromatic heterocycles. The van der Waals surface area contributed by atoms with Crippen LogP contribution in [0.15, 0.2) is 88.8 Å². The van der Waals surface area contributed by atoms with Crippen molar-refractivity contribution >= 4 is 34.3 Å². The van der Waals surface area contributed by atoms with Gasteiger partial charge in [0.25, 0.3) is 0 Å². The van der Waals surface area contributed by atoms with Crippen molar-refractivity contribution in [1.29, 1.82) is 0 Å². The molecule has 0 amide bonds. The van der Waals surface area contributed by atoms with Crippen LogP contribution >= 0.6 is 23.4 Å². The number of rotatable bonds is 3. The first-order valence-corrected chi connectivity index (χ1v) is 9.60. The number of alkyl halides is 3. The smallest absolute Gasteiger partial charge is 0.240 e. The number of pyridine rings is 1. The molecule has 3 aromatic carbocycles. The largest absolute Gasteiger partial charge is 0.416 e. The van der Waals surface area contributed by atoms with Gasteiger partial charge >= 0.3 is 6.18 Å². The average Bonchev–Trinajstić information content (AvgIpc) is 2.68. The number of benzene rings is 3. The maximum Gasteiger partial charge on any atom is 0.416 e. The molecule has 0 saturated carbocycles. The molecule has 6 heteroatoms. The van der Waals surface area contributed by atoms with E-state index in [4.69, 9.17) is 16.6 Å². The van der Waals surface area contributed by atoms with Crippen LogP contribution in [-0.2, 0) is 6.18 Å². The third-order valence-corrected chi connectivity index (χ3v) is 5.47. The van der Waals surface area contributed by atoms with Gasteiger partial charge in [-0.2, -0.15) is 13.2 Å². The average molecular weight is 416 g/mol. The van der Waals surface area contributed by atoms with Gasteiger partial charge in [-0.3, -0.25) is 0 Å². The van der Waals surface area contributed by atoms with Crippen molar-refractivity contribution in [3.63, 3.8) is 0 Å². The first-order chi connectivity index (χ1) is 13.4. The van der Waals surface area contributed by atoms with Crippen LogP contribution in [0.4, 0.5) is 13.2 Å². The normalized spacial score (nSPS) is 11.7. The third kappa shape index (κ3) is 4.01. The van der Waals surface area contributed by atoms with Gasteiger partial charge in [0.05, 0.1) is 11.1 Å². The fourth-order valence-corrected chi connectivity index (χ4v) is 3.97. The number of nitrogens with zero attached hydrogens (tertiary/aromatic N) is 1. The second-order valence-electron chi connectivity index (χ2n) is 6.17. The number of hydrogen-bond donors (Lipinski definition) is 0. The lowest BCUT2D eigenvalue weighted by molar-refractivity contribution is -0.137. The standard InChI is InChI=1S/C22H13ClF3NS/c23-17-10-8-14(9-11-17)19-12-15-4-1-2-7-20(15)27-21(19)28-18-6-3-5-16(13-18)22(24,25)26/h1-13H. The molecule has 0 aliphatic rings. The zero-order chi connectivity index (χ0) is 19.7. The molecule has 0 unspecified atom stereocenters. The van der Waals surface area contributed by atoms with Gasteiger partial charge in [-0.15, -0.1) is 0 Å². The Morgan fingerprint density at radius 2 is 1.57 bits per heavy atom. The minimum Gasteiger partial charge on any atom is -0.240 e. The third-order valence-electron chi connectivity index (χ3n) is 4.22. The molecule has 0 atom stereocenters. The Hall–Kier alpha value is -2.50. The second-order valence-corrected chi connectivity index (χ2v) is 7.67. The van der Waals surface area contributed by atoms with Crippen molar-refractivity contribution in [3.05, 3.63) is 89.4 Å². The Morgan fingerprint density at radius 1 is 0.821 bits per heavy atom. The van der Waals surface area contributed by atoms with Crippen molar-refractivity contribution in [1.82, 2.24) is 4.98 Å². The number of halogens is 4. The number of para-hydroxylation sites is 1. The van der Waals surface area contributed by atoms with Gasteiger partial charge in [-0.1, -0.05) is 59.8 Å². The number of fused-ring (bicyclic) bond motifs is 1. The minimum atomic E-state index is -4.38. The highest BCUT2D eigenvalue weighted by Crippen LogP contribution is 2.39. The molecule has 28 heavy (non-hydrogen) atoms. The van der Waals surface area contributed by atoms with E-state index in [0.29, 0.717) is 14.9 Å². The summed E-state index contributed by atoms with van der Waals surface area (Å²) in [6.45, 7) is 0. The molecule has 4 aromatic rings. The van der Waals surface area contributed by atoms with Crippen LogP contribution in [0.2, 0.25) is 5.02 Å². The Kier molecular flexibility index (Phi) is 5.04. The van der Waals surface area contributed by atoms with Crippen molar-refractivity contribution in [3.8, 4) is 11.1 Å². The second kappa shape index (κ2) is 7.49. The van der Waals surface area contributed by atoms with Gasteiger partial charge in [0.1, 0.15) is 5.03 Å². The lowest BCUT2D eigenvalue weighted by Crippen LogP contribution is -2.04. The number of aromatic nitrogens is 1.